The van der Waals surface area contributed by atoms with Crippen LogP contribution in [0.1, 0.15) is 29.3 Å². The maximum absolute atomic E-state index is 11.8. The minimum absolute atomic E-state index is 0.161. The first-order valence-electron chi connectivity index (χ1n) is 6.64. The second-order valence-corrected chi connectivity index (χ2v) is 6.13. The lowest BCUT2D eigenvalue weighted by atomic mass is 9.89. The van der Waals surface area contributed by atoms with Crippen LogP contribution in [0.5, 0.6) is 0 Å². The highest BCUT2D eigenvalue weighted by atomic mass is 32.1. The number of fused-ring (bicyclic) bond motifs is 1. The molecule has 20 heavy (non-hydrogen) atoms. The first kappa shape index (κ1) is 14.6. The van der Waals surface area contributed by atoms with Gasteiger partial charge in [0.25, 0.3) is 0 Å². The molecule has 1 heterocycles. The van der Waals surface area contributed by atoms with E-state index in [0.717, 1.165) is 24.8 Å². The van der Waals surface area contributed by atoms with Crippen LogP contribution < -0.4 is 10.6 Å². The van der Waals surface area contributed by atoms with Crippen molar-refractivity contribution in [3.05, 3.63) is 16.0 Å². The van der Waals surface area contributed by atoms with Crippen molar-refractivity contribution in [2.24, 2.45) is 5.92 Å². The van der Waals surface area contributed by atoms with Crippen LogP contribution in [-0.4, -0.2) is 19.0 Å². The van der Waals surface area contributed by atoms with Crippen LogP contribution in [0, 0.1) is 29.6 Å². The maximum Gasteiger partial charge on any atom is 0.238 e. The van der Waals surface area contributed by atoms with E-state index in [1.54, 1.807) is 0 Å². The molecule has 1 atom stereocenters. The van der Waals surface area contributed by atoms with E-state index < -0.39 is 0 Å². The van der Waals surface area contributed by atoms with E-state index in [2.05, 4.69) is 29.5 Å². The van der Waals surface area contributed by atoms with Crippen molar-refractivity contribution >= 4 is 22.2 Å². The molecule has 1 aliphatic carbocycles. The fourth-order valence-corrected chi connectivity index (χ4v) is 3.75. The lowest BCUT2D eigenvalue weighted by Gasteiger charge is -2.17. The van der Waals surface area contributed by atoms with Crippen molar-refractivity contribution in [2.75, 3.05) is 18.4 Å². The number of terminal acetylenes is 1. The fraction of sp³-hybridized carbons (Fsp3) is 0.467. The van der Waals surface area contributed by atoms with E-state index in [1.807, 2.05) is 0 Å². The summed E-state index contributed by atoms with van der Waals surface area (Å²) in [7, 11) is 0. The van der Waals surface area contributed by atoms with E-state index in [0.29, 0.717) is 23.0 Å². The van der Waals surface area contributed by atoms with Gasteiger partial charge in [0.15, 0.2) is 0 Å². The van der Waals surface area contributed by atoms with Crippen molar-refractivity contribution in [1.82, 2.24) is 5.32 Å². The summed E-state index contributed by atoms with van der Waals surface area (Å²) in [5, 5.41) is 15.7. The molecule has 0 spiro atoms. The molecule has 1 aromatic heterocycles. The number of hydrogen-bond acceptors (Lipinski definition) is 4. The van der Waals surface area contributed by atoms with Crippen molar-refractivity contribution in [1.29, 1.82) is 5.26 Å². The molecule has 1 aliphatic rings. The van der Waals surface area contributed by atoms with E-state index in [1.165, 1.54) is 16.2 Å². The highest BCUT2D eigenvalue weighted by Gasteiger charge is 2.24. The SMILES string of the molecule is C#CCNCC(=O)Nc1sc2c(c1C#N)CCC(C)C2. The summed E-state index contributed by atoms with van der Waals surface area (Å²) in [5.41, 5.74) is 1.77. The monoisotopic (exact) mass is 287 g/mol. The minimum Gasteiger partial charge on any atom is -0.315 e. The van der Waals surface area contributed by atoms with Crippen LogP contribution in [0.2, 0.25) is 0 Å². The Balaban J connectivity index is 2.11. The Morgan fingerprint density at radius 1 is 1.60 bits per heavy atom. The molecule has 1 unspecified atom stereocenters. The molecule has 0 saturated heterocycles. The van der Waals surface area contributed by atoms with Gasteiger partial charge in [-0.05, 0) is 30.7 Å². The van der Waals surface area contributed by atoms with Gasteiger partial charge in [-0.3, -0.25) is 10.1 Å². The van der Waals surface area contributed by atoms with Gasteiger partial charge in [-0.15, -0.1) is 17.8 Å². The second-order valence-electron chi connectivity index (χ2n) is 5.02. The van der Waals surface area contributed by atoms with Gasteiger partial charge in [0.1, 0.15) is 11.1 Å². The average Bonchev–Trinajstić information content (AvgIpc) is 2.75. The minimum atomic E-state index is -0.164. The smallest absolute Gasteiger partial charge is 0.238 e. The van der Waals surface area contributed by atoms with Crippen LogP contribution in [0.3, 0.4) is 0 Å². The second kappa shape index (κ2) is 6.56. The first-order chi connectivity index (χ1) is 9.65. The summed E-state index contributed by atoms with van der Waals surface area (Å²) in [6, 6.07) is 2.23. The first-order valence-corrected chi connectivity index (χ1v) is 7.46. The number of carbonyl (C=O) groups is 1. The van der Waals surface area contributed by atoms with Crippen molar-refractivity contribution in [3.63, 3.8) is 0 Å². The number of amides is 1. The molecule has 1 aromatic rings. The summed E-state index contributed by atoms with van der Waals surface area (Å²) in [5.74, 6) is 2.90. The molecule has 1 amide bonds. The predicted octanol–water partition coefficient (Wildman–Crippen LogP) is 1.91. The lowest BCUT2D eigenvalue weighted by molar-refractivity contribution is -0.115. The number of rotatable bonds is 4. The Morgan fingerprint density at radius 2 is 2.40 bits per heavy atom. The van der Waals surface area contributed by atoms with Crippen molar-refractivity contribution in [3.8, 4) is 18.4 Å². The molecule has 0 aliphatic heterocycles. The molecule has 4 nitrogen and oxygen atoms in total. The van der Waals surface area contributed by atoms with E-state index in [-0.39, 0.29) is 12.5 Å². The van der Waals surface area contributed by atoms with Crippen LogP contribution in [0.15, 0.2) is 0 Å². The van der Waals surface area contributed by atoms with Gasteiger partial charge in [0, 0.05) is 4.88 Å². The molecule has 0 saturated carbocycles. The zero-order valence-corrected chi connectivity index (χ0v) is 12.3. The third kappa shape index (κ3) is 3.19. The summed E-state index contributed by atoms with van der Waals surface area (Å²) >= 11 is 1.54. The summed E-state index contributed by atoms with van der Waals surface area (Å²) < 4.78 is 0. The molecule has 5 heteroatoms. The summed E-state index contributed by atoms with van der Waals surface area (Å²) in [4.78, 5) is 13.0. The van der Waals surface area contributed by atoms with Gasteiger partial charge in [0.2, 0.25) is 5.91 Å². The standard InChI is InChI=1S/C15H17N3OS/c1-3-6-17-9-14(19)18-15-12(8-16)11-5-4-10(2)7-13(11)20-15/h1,10,17H,4-7,9H2,2H3,(H,18,19). The topological polar surface area (TPSA) is 64.9 Å². The van der Waals surface area contributed by atoms with E-state index in [9.17, 15) is 10.1 Å². The van der Waals surface area contributed by atoms with Gasteiger partial charge in [-0.25, -0.2) is 0 Å². The number of thiophene rings is 1. The number of nitrogens with one attached hydrogen (secondary N) is 2. The summed E-state index contributed by atoms with van der Waals surface area (Å²) in [6.45, 7) is 2.74. The third-order valence-electron chi connectivity index (χ3n) is 3.39. The van der Waals surface area contributed by atoms with Crippen LogP contribution >= 0.6 is 11.3 Å². The lowest BCUT2D eigenvalue weighted by Crippen LogP contribution is -2.28. The van der Waals surface area contributed by atoms with Gasteiger partial charge < -0.3 is 5.32 Å². The molecular weight excluding hydrogens is 270 g/mol. The number of anilines is 1. The molecule has 0 aromatic carbocycles. The fourth-order valence-electron chi connectivity index (χ4n) is 2.38. The van der Waals surface area contributed by atoms with Gasteiger partial charge in [-0.2, -0.15) is 5.26 Å². The number of hydrogen-bond donors (Lipinski definition) is 2. The highest BCUT2D eigenvalue weighted by molar-refractivity contribution is 7.16. The molecule has 2 N–H and O–H groups in total. The predicted molar refractivity (Wildman–Crippen MR) is 80.6 cm³/mol. The Kier molecular flexibility index (Phi) is 4.79. The Hall–Kier alpha value is -1.82. The molecular formula is C15H17N3OS. The Morgan fingerprint density at radius 3 is 3.10 bits per heavy atom. The number of nitriles is 1. The molecule has 2 rings (SSSR count). The normalized spacial score (nSPS) is 16.9. The van der Waals surface area contributed by atoms with Crippen molar-refractivity contribution in [2.45, 2.75) is 26.2 Å². The zero-order valence-electron chi connectivity index (χ0n) is 11.5. The molecule has 0 radical (unpaired) electrons. The Bertz CT molecular complexity index is 591. The largest absolute Gasteiger partial charge is 0.315 e. The number of nitrogens with zero attached hydrogens (tertiary/aromatic N) is 1. The summed E-state index contributed by atoms with van der Waals surface area (Å²) in [6.07, 6.45) is 8.15. The van der Waals surface area contributed by atoms with Gasteiger partial charge in [-0.1, -0.05) is 12.8 Å². The van der Waals surface area contributed by atoms with Crippen molar-refractivity contribution < 1.29 is 4.79 Å². The average molecular weight is 287 g/mol. The Labute approximate surface area is 123 Å². The quantitative estimate of drug-likeness (QED) is 0.656. The van der Waals surface area contributed by atoms with Crippen LogP contribution in [0.25, 0.3) is 0 Å². The van der Waals surface area contributed by atoms with Gasteiger partial charge in [0.05, 0.1) is 18.7 Å². The van der Waals surface area contributed by atoms with Gasteiger partial charge >= 0.3 is 0 Å². The van der Waals surface area contributed by atoms with E-state index in [4.69, 9.17) is 6.42 Å². The van der Waals surface area contributed by atoms with E-state index >= 15 is 0 Å². The van der Waals surface area contributed by atoms with Crippen LogP contribution in [0.4, 0.5) is 5.00 Å². The maximum atomic E-state index is 11.8. The number of carbonyl (C=O) groups excluding carboxylic acids is 1. The van der Waals surface area contributed by atoms with Crippen LogP contribution in [-0.2, 0) is 17.6 Å². The highest BCUT2D eigenvalue weighted by Crippen LogP contribution is 2.39. The molecule has 104 valence electrons. The molecule has 0 bridgehead atoms. The zero-order chi connectivity index (χ0) is 14.5. The molecule has 0 fully saturated rings. The third-order valence-corrected chi connectivity index (χ3v) is 4.56.